The summed E-state index contributed by atoms with van der Waals surface area (Å²) >= 11 is 4.02. The molecule has 4 aromatic rings. The monoisotopic (exact) mass is 583 g/mol. The maximum atomic E-state index is 13.4. The molecule has 41 heavy (non-hydrogen) atoms. The molecule has 0 saturated carbocycles. The lowest BCUT2D eigenvalue weighted by atomic mass is 9.91. The van der Waals surface area contributed by atoms with Crippen LogP contribution in [0.1, 0.15) is 53.1 Å². The van der Waals surface area contributed by atoms with Crippen molar-refractivity contribution in [3.8, 4) is 5.75 Å². The molecule has 4 heterocycles. The van der Waals surface area contributed by atoms with Crippen LogP contribution in [0.25, 0.3) is 10.9 Å². The van der Waals surface area contributed by atoms with Crippen LogP contribution >= 0.6 is 12.6 Å². The van der Waals surface area contributed by atoms with Crippen LogP contribution in [0.2, 0.25) is 0 Å². The second-order valence-electron chi connectivity index (χ2n) is 9.90. The Labute approximate surface area is 245 Å². The first kappa shape index (κ1) is 33.6. The second-order valence-corrected chi connectivity index (χ2v) is 10.4. The van der Waals surface area contributed by atoms with Gasteiger partial charge in [-0.1, -0.05) is 18.2 Å². The van der Waals surface area contributed by atoms with Gasteiger partial charge in [0.25, 0.3) is 11.5 Å². The highest BCUT2D eigenvalue weighted by Crippen LogP contribution is 2.34. The van der Waals surface area contributed by atoms with Crippen molar-refractivity contribution in [1.29, 1.82) is 0 Å². The van der Waals surface area contributed by atoms with Crippen LogP contribution in [-0.4, -0.2) is 51.6 Å². The molecule has 7 N–H and O–H groups in total. The number of nitrogens with one attached hydrogen (secondary N) is 3. The number of nitrogens with zero attached hydrogens (tertiary/aromatic N) is 2. The number of carbonyl (C=O) groups is 1. The molecule has 0 spiro atoms. The van der Waals surface area contributed by atoms with E-state index in [4.69, 9.17) is 4.74 Å². The molecule has 0 radical (unpaired) electrons. The summed E-state index contributed by atoms with van der Waals surface area (Å²) < 4.78 is 7.68. The summed E-state index contributed by atoms with van der Waals surface area (Å²) in [5.74, 6) is 0.860. The summed E-state index contributed by atoms with van der Waals surface area (Å²) in [5.41, 5.74) is 3.58. The van der Waals surface area contributed by atoms with E-state index in [0.717, 1.165) is 47.4 Å². The average Bonchev–Trinajstić information content (AvgIpc) is 3.24. The molecular formula is C30H41N5O5S. The van der Waals surface area contributed by atoms with Gasteiger partial charge in [0.15, 0.2) is 0 Å². The zero-order valence-corrected chi connectivity index (χ0v) is 24.8. The molecule has 0 unspecified atom stereocenters. The number of methoxy groups -OCH3 is 1. The minimum atomic E-state index is -0.249. The Morgan fingerprint density at radius 1 is 1.17 bits per heavy atom. The molecule has 222 valence electrons. The number of ether oxygens (including phenoxy) is 1. The van der Waals surface area contributed by atoms with Crippen molar-refractivity contribution in [2.45, 2.75) is 51.1 Å². The molecule has 3 aromatic heterocycles. The second kappa shape index (κ2) is 15.4. The van der Waals surface area contributed by atoms with Crippen molar-refractivity contribution in [2.24, 2.45) is 5.92 Å². The number of para-hydroxylation sites is 1. The van der Waals surface area contributed by atoms with Crippen LogP contribution in [-0.2, 0) is 6.54 Å². The Hall–Kier alpha value is -3.64. The number of H-pyrrole nitrogens is 1. The summed E-state index contributed by atoms with van der Waals surface area (Å²) in [6.07, 6.45) is 5.68. The molecule has 0 bridgehead atoms. The summed E-state index contributed by atoms with van der Waals surface area (Å²) in [6, 6.07) is 13.9. The van der Waals surface area contributed by atoms with Crippen molar-refractivity contribution in [2.75, 3.05) is 20.2 Å². The number of aromatic nitrogens is 3. The highest BCUT2D eigenvalue weighted by molar-refractivity contribution is 7.80. The first-order valence-corrected chi connectivity index (χ1v) is 13.7. The third-order valence-corrected chi connectivity index (χ3v) is 7.64. The average molecular weight is 584 g/mol. The van der Waals surface area contributed by atoms with E-state index in [0.29, 0.717) is 34.5 Å². The Bertz CT molecular complexity index is 1480. The lowest BCUT2D eigenvalue weighted by molar-refractivity contribution is 0.0951. The number of hydrogen-bond donors (Lipinski definition) is 4. The number of amides is 1. The van der Waals surface area contributed by atoms with Gasteiger partial charge in [-0.2, -0.15) is 0 Å². The Balaban J connectivity index is 0.000000573. The summed E-state index contributed by atoms with van der Waals surface area (Å²) in [5, 5.41) is 7.32. The van der Waals surface area contributed by atoms with Crippen LogP contribution in [0.3, 0.4) is 0 Å². The zero-order chi connectivity index (χ0) is 27.9. The Kier molecular flexibility index (Phi) is 12.6. The molecule has 5 rings (SSSR count). The maximum Gasteiger partial charge on any atom is 0.256 e. The fourth-order valence-corrected chi connectivity index (χ4v) is 5.54. The van der Waals surface area contributed by atoms with Crippen molar-refractivity contribution < 1.29 is 20.5 Å². The van der Waals surface area contributed by atoms with Gasteiger partial charge >= 0.3 is 0 Å². The minimum absolute atomic E-state index is 0. The first-order valence-electron chi connectivity index (χ1n) is 13.3. The lowest BCUT2D eigenvalue weighted by Crippen LogP contribution is -2.32. The number of hydrogen-bond acceptors (Lipinski definition) is 6. The predicted molar refractivity (Wildman–Crippen MR) is 165 cm³/mol. The number of piperidine rings is 1. The number of pyridine rings is 2. The van der Waals surface area contributed by atoms with Gasteiger partial charge in [0.1, 0.15) is 5.75 Å². The zero-order valence-electron chi connectivity index (χ0n) is 24.0. The number of thiol groups is 1. The van der Waals surface area contributed by atoms with E-state index < -0.39 is 0 Å². The van der Waals surface area contributed by atoms with Gasteiger partial charge in [-0.25, -0.2) is 0 Å². The quantitative estimate of drug-likeness (QED) is 0.256. The number of fused-ring (bicyclic) bond motifs is 1. The van der Waals surface area contributed by atoms with Gasteiger partial charge in [0.2, 0.25) is 0 Å². The van der Waals surface area contributed by atoms with Gasteiger partial charge in [-0.15, -0.1) is 12.6 Å². The largest absolute Gasteiger partial charge is 0.496 e. The third kappa shape index (κ3) is 7.76. The number of rotatable bonds is 6. The van der Waals surface area contributed by atoms with E-state index >= 15 is 0 Å². The van der Waals surface area contributed by atoms with E-state index in [1.165, 1.54) is 7.11 Å². The molecule has 1 amide bonds. The summed E-state index contributed by atoms with van der Waals surface area (Å²) in [7, 11) is 1.53. The van der Waals surface area contributed by atoms with Gasteiger partial charge in [0, 0.05) is 45.6 Å². The van der Waals surface area contributed by atoms with Crippen molar-refractivity contribution >= 4 is 29.4 Å². The van der Waals surface area contributed by atoms with Gasteiger partial charge < -0.3 is 35.9 Å². The lowest BCUT2D eigenvalue weighted by Gasteiger charge is -2.30. The molecule has 0 aliphatic carbocycles. The summed E-state index contributed by atoms with van der Waals surface area (Å²) in [6.45, 7) is 8.25. The number of aromatic amines is 1. The van der Waals surface area contributed by atoms with Crippen LogP contribution in [0, 0.1) is 19.8 Å². The molecule has 1 atom stereocenters. The maximum absolute atomic E-state index is 13.4. The van der Waals surface area contributed by atoms with Crippen molar-refractivity contribution in [3.63, 3.8) is 0 Å². The third-order valence-electron chi connectivity index (χ3n) is 7.38. The molecule has 1 fully saturated rings. The number of benzene rings is 1. The molecule has 11 heteroatoms. The first-order chi connectivity index (χ1) is 18.8. The molecular weight excluding hydrogens is 542 g/mol. The smallest absolute Gasteiger partial charge is 0.256 e. The minimum Gasteiger partial charge on any atom is -0.496 e. The Morgan fingerprint density at radius 3 is 2.49 bits per heavy atom. The van der Waals surface area contributed by atoms with Crippen LogP contribution < -0.4 is 20.9 Å². The fraction of sp³-hybridized carbons (Fsp3) is 0.367. The molecule has 1 aromatic carbocycles. The number of aryl methyl sites for hydroxylation is 1. The Morgan fingerprint density at radius 2 is 1.88 bits per heavy atom. The standard InChI is InChI=1S/C25H32N4O3.C5H5NS.2H2O/c1-15-13-22(32-4)20(24(30)28-15)14-27-25(31)23-17(3)29(21-8-6-5-7-19(21)23)16(2)18-9-11-26-12-10-18;7-5-2-1-3-6-4-5;;/h5-8,13,16,18,26H,9-12,14H2,1-4H3,(H,27,31)(H,28,30);1-4,7H;2*1H2/t16-;;;/m1.../s1. The highest BCUT2D eigenvalue weighted by atomic mass is 32.1. The normalized spacial score (nSPS) is 13.7. The fourth-order valence-electron chi connectivity index (χ4n) is 5.39. The topological polar surface area (TPSA) is 164 Å². The molecule has 10 nitrogen and oxygen atoms in total. The van der Waals surface area contributed by atoms with Crippen LogP contribution in [0.4, 0.5) is 0 Å². The van der Waals surface area contributed by atoms with E-state index in [2.05, 4.69) is 50.8 Å². The molecule has 1 saturated heterocycles. The number of carbonyl (C=O) groups excluding carboxylic acids is 1. The summed E-state index contributed by atoms with van der Waals surface area (Å²) in [4.78, 5) is 33.3. The molecule has 1 aliphatic heterocycles. The van der Waals surface area contributed by atoms with E-state index in [1.54, 1.807) is 25.4 Å². The van der Waals surface area contributed by atoms with Crippen LogP contribution in [0.5, 0.6) is 5.75 Å². The van der Waals surface area contributed by atoms with Crippen molar-refractivity contribution in [3.05, 3.63) is 87.7 Å². The van der Waals surface area contributed by atoms with E-state index in [-0.39, 0.29) is 29.0 Å². The van der Waals surface area contributed by atoms with Crippen LogP contribution in [0.15, 0.2) is 64.5 Å². The predicted octanol–water partition coefficient (Wildman–Crippen LogP) is 3.17. The van der Waals surface area contributed by atoms with Gasteiger partial charge in [-0.05, 0) is 76.9 Å². The van der Waals surface area contributed by atoms with Gasteiger partial charge in [0.05, 0.1) is 24.8 Å². The van der Waals surface area contributed by atoms with Crippen molar-refractivity contribution in [1.82, 2.24) is 25.2 Å². The van der Waals surface area contributed by atoms with E-state index in [9.17, 15) is 9.59 Å². The van der Waals surface area contributed by atoms with E-state index in [1.807, 2.05) is 37.3 Å². The van der Waals surface area contributed by atoms with Gasteiger partial charge in [-0.3, -0.25) is 14.6 Å². The SMILES string of the molecule is COc1cc(C)[nH]c(=O)c1CNC(=O)c1c(C)n([C@H](C)C2CCNCC2)c2ccccc12.O.O.Sc1cccnc1. The highest BCUT2D eigenvalue weighted by Gasteiger charge is 2.27. The molecule has 1 aliphatic rings.